The minimum Gasteiger partial charge on any atom is -0.497 e. The largest absolute Gasteiger partial charge is 0.497 e. The van der Waals surface area contributed by atoms with Gasteiger partial charge in [-0.25, -0.2) is 4.98 Å². The van der Waals surface area contributed by atoms with Crippen LogP contribution in [-0.2, 0) is 6.54 Å². The monoisotopic (exact) mass is 562 g/mol. The number of hydrogen-bond donors (Lipinski definition) is 1. The van der Waals surface area contributed by atoms with Crippen LogP contribution >= 0.6 is 27.5 Å². The number of aromatic hydroxyl groups is 1. The topological polar surface area (TPSA) is 89.1 Å². The second kappa shape index (κ2) is 9.72. The van der Waals surface area contributed by atoms with Gasteiger partial charge in [-0.15, -0.1) is 10.2 Å². The summed E-state index contributed by atoms with van der Waals surface area (Å²) in [5.41, 5.74) is 3.34. The molecule has 2 aromatic heterocycles. The van der Waals surface area contributed by atoms with Crippen LogP contribution < -0.4 is 4.74 Å². The SMILES string of the molecule is CCn1c(O)c(N=NC(=O)c2cc(-c3ccc(Br)cc3)nc3ccc(OC)cc23)c2cc(Cl)ccc21. The Morgan fingerprint density at radius 3 is 2.58 bits per heavy atom. The first kappa shape index (κ1) is 24.0. The van der Waals surface area contributed by atoms with Gasteiger partial charge in [0, 0.05) is 32.4 Å². The van der Waals surface area contributed by atoms with Gasteiger partial charge < -0.3 is 14.4 Å². The van der Waals surface area contributed by atoms with Crippen LogP contribution in [0.3, 0.4) is 0 Å². The average Bonchev–Trinajstić information content (AvgIpc) is 3.15. The van der Waals surface area contributed by atoms with Crippen molar-refractivity contribution in [3.8, 4) is 22.9 Å². The molecule has 1 amide bonds. The number of rotatable bonds is 5. The van der Waals surface area contributed by atoms with E-state index in [4.69, 9.17) is 21.3 Å². The summed E-state index contributed by atoms with van der Waals surface area (Å²) in [4.78, 5) is 18.1. The molecule has 0 radical (unpaired) electrons. The lowest BCUT2D eigenvalue weighted by atomic mass is 10.0. The van der Waals surface area contributed by atoms with Crippen molar-refractivity contribution in [2.45, 2.75) is 13.5 Å². The molecule has 0 aliphatic heterocycles. The van der Waals surface area contributed by atoms with E-state index in [0.717, 1.165) is 15.6 Å². The number of carbonyl (C=O) groups excluding carboxylic acids is 1. The first-order valence-electron chi connectivity index (χ1n) is 11.1. The molecule has 9 heteroatoms. The molecule has 7 nitrogen and oxygen atoms in total. The van der Waals surface area contributed by atoms with Crippen LogP contribution in [-0.4, -0.2) is 27.7 Å². The minimum atomic E-state index is -0.576. The van der Waals surface area contributed by atoms with E-state index < -0.39 is 5.91 Å². The average molecular weight is 564 g/mol. The summed E-state index contributed by atoms with van der Waals surface area (Å²) in [6, 6.07) is 19.9. The van der Waals surface area contributed by atoms with Crippen LogP contribution in [0, 0.1) is 0 Å². The Bertz CT molecular complexity index is 1660. The van der Waals surface area contributed by atoms with E-state index in [9.17, 15) is 9.90 Å². The van der Waals surface area contributed by atoms with Gasteiger partial charge in [-0.1, -0.05) is 39.7 Å². The standard InChI is InChI=1S/C27H20BrClN4O3/c1-3-33-24-11-8-17(29)12-21(24)25(27(33)35)31-32-26(34)20-14-23(15-4-6-16(28)7-5-15)30-22-10-9-18(36-2)13-19(20)22/h4-14,35H,3H2,1-2H3. The van der Waals surface area contributed by atoms with Crippen LogP contribution in [0.1, 0.15) is 17.3 Å². The van der Waals surface area contributed by atoms with Crippen LogP contribution in [0.4, 0.5) is 5.69 Å². The highest BCUT2D eigenvalue weighted by Crippen LogP contribution is 2.40. The van der Waals surface area contributed by atoms with Gasteiger partial charge in [0.2, 0.25) is 5.88 Å². The Morgan fingerprint density at radius 2 is 1.86 bits per heavy atom. The summed E-state index contributed by atoms with van der Waals surface area (Å²) in [5.74, 6) is -0.0686. The predicted molar refractivity (Wildman–Crippen MR) is 145 cm³/mol. The van der Waals surface area contributed by atoms with Crippen molar-refractivity contribution in [3.05, 3.63) is 81.8 Å². The molecule has 0 fully saturated rings. The van der Waals surface area contributed by atoms with E-state index in [-0.39, 0.29) is 11.6 Å². The maximum absolute atomic E-state index is 13.4. The summed E-state index contributed by atoms with van der Waals surface area (Å²) < 4.78 is 7.98. The normalized spacial score (nSPS) is 11.6. The highest BCUT2D eigenvalue weighted by molar-refractivity contribution is 9.10. The Hall–Kier alpha value is -3.75. The van der Waals surface area contributed by atoms with Crippen molar-refractivity contribution < 1.29 is 14.6 Å². The highest BCUT2D eigenvalue weighted by atomic mass is 79.9. The van der Waals surface area contributed by atoms with Crippen LogP contribution in [0.25, 0.3) is 33.1 Å². The molecule has 1 N–H and O–H groups in total. The summed E-state index contributed by atoms with van der Waals surface area (Å²) in [5, 5.41) is 20.6. The number of methoxy groups -OCH3 is 1. The van der Waals surface area contributed by atoms with Crippen LogP contribution in [0.15, 0.2) is 81.4 Å². The third-order valence-corrected chi connectivity index (χ3v) is 6.68. The number of halogens is 2. The van der Waals surface area contributed by atoms with E-state index in [1.807, 2.05) is 31.2 Å². The molecule has 0 bridgehead atoms. The Morgan fingerprint density at radius 1 is 1.08 bits per heavy atom. The lowest BCUT2D eigenvalue weighted by Gasteiger charge is -2.09. The van der Waals surface area contributed by atoms with E-state index in [1.54, 1.807) is 54.1 Å². The number of azo groups is 1. The van der Waals surface area contributed by atoms with Gasteiger partial charge in [-0.3, -0.25) is 4.79 Å². The molecule has 0 saturated heterocycles. The molecular formula is C27H20BrClN4O3. The molecular weight excluding hydrogens is 544 g/mol. The van der Waals surface area contributed by atoms with Crippen molar-refractivity contribution >= 4 is 60.9 Å². The van der Waals surface area contributed by atoms with Crippen molar-refractivity contribution in [3.63, 3.8) is 0 Å². The zero-order valence-electron chi connectivity index (χ0n) is 19.4. The van der Waals surface area contributed by atoms with Crippen molar-refractivity contribution in [2.24, 2.45) is 10.2 Å². The third kappa shape index (κ3) is 4.34. The second-order valence-corrected chi connectivity index (χ2v) is 9.38. The number of ether oxygens (including phenoxy) is 1. The fourth-order valence-corrected chi connectivity index (χ4v) is 4.58. The summed E-state index contributed by atoms with van der Waals surface area (Å²) in [6.07, 6.45) is 0. The van der Waals surface area contributed by atoms with Gasteiger partial charge in [0.05, 0.1) is 29.4 Å². The number of carbonyl (C=O) groups is 1. The van der Waals surface area contributed by atoms with Crippen LogP contribution in [0.2, 0.25) is 5.02 Å². The Labute approximate surface area is 220 Å². The smallest absolute Gasteiger partial charge is 0.296 e. The number of nitrogens with zero attached hydrogens (tertiary/aromatic N) is 4. The van der Waals surface area contributed by atoms with Gasteiger partial charge in [0.1, 0.15) is 5.75 Å². The van der Waals surface area contributed by atoms with Crippen molar-refractivity contribution in [1.29, 1.82) is 0 Å². The lowest BCUT2D eigenvalue weighted by molar-refractivity contribution is 0.0996. The molecule has 0 atom stereocenters. The van der Waals surface area contributed by atoms with Crippen molar-refractivity contribution in [2.75, 3.05) is 7.11 Å². The molecule has 180 valence electrons. The maximum Gasteiger partial charge on any atom is 0.296 e. The molecule has 5 aromatic rings. The second-order valence-electron chi connectivity index (χ2n) is 8.03. The molecule has 5 rings (SSSR count). The number of hydrogen-bond acceptors (Lipinski definition) is 5. The number of pyridine rings is 1. The van der Waals surface area contributed by atoms with Gasteiger partial charge in [0.15, 0.2) is 5.69 Å². The first-order valence-corrected chi connectivity index (χ1v) is 12.3. The fourth-order valence-electron chi connectivity index (χ4n) is 4.14. The minimum absolute atomic E-state index is 0.0804. The van der Waals surface area contributed by atoms with Gasteiger partial charge >= 0.3 is 0 Å². The number of fused-ring (bicyclic) bond motifs is 2. The summed E-state index contributed by atoms with van der Waals surface area (Å²) in [6.45, 7) is 2.42. The molecule has 2 heterocycles. The fraction of sp³-hybridized carbons (Fsp3) is 0.111. The third-order valence-electron chi connectivity index (χ3n) is 5.92. The molecule has 0 unspecified atom stereocenters. The van der Waals surface area contributed by atoms with Crippen LogP contribution in [0.5, 0.6) is 11.6 Å². The van der Waals surface area contributed by atoms with E-state index in [1.165, 1.54) is 0 Å². The van der Waals surface area contributed by atoms with Crippen molar-refractivity contribution in [1.82, 2.24) is 9.55 Å². The highest BCUT2D eigenvalue weighted by Gasteiger charge is 2.18. The molecule has 0 saturated carbocycles. The zero-order valence-corrected chi connectivity index (χ0v) is 21.7. The number of aromatic nitrogens is 2. The Kier molecular flexibility index (Phi) is 6.47. The molecule has 36 heavy (non-hydrogen) atoms. The summed E-state index contributed by atoms with van der Waals surface area (Å²) >= 11 is 9.62. The van der Waals surface area contributed by atoms with Gasteiger partial charge in [0.25, 0.3) is 5.91 Å². The predicted octanol–water partition coefficient (Wildman–Crippen LogP) is 7.93. The molecule has 0 aliphatic rings. The quantitative estimate of drug-likeness (QED) is 0.220. The lowest BCUT2D eigenvalue weighted by Crippen LogP contribution is -1.99. The zero-order chi connectivity index (χ0) is 25.4. The van der Waals surface area contributed by atoms with E-state index in [2.05, 4.69) is 26.2 Å². The number of benzene rings is 3. The maximum atomic E-state index is 13.4. The molecule has 0 spiro atoms. The molecule has 3 aromatic carbocycles. The van der Waals surface area contributed by atoms with E-state index in [0.29, 0.717) is 44.9 Å². The molecule has 0 aliphatic carbocycles. The van der Waals surface area contributed by atoms with Gasteiger partial charge in [-0.05, 0) is 61.5 Å². The first-order chi connectivity index (χ1) is 17.4. The Balaban J connectivity index is 1.64. The number of aryl methyl sites for hydroxylation is 1. The summed E-state index contributed by atoms with van der Waals surface area (Å²) in [7, 11) is 1.56. The number of amides is 1. The van der Waals surface area contributed by atoms with E-state index >= 15 is 0 Å². The van der Waals surface area contributed by atoms with Gasteiger partial charge in [-0.2, -0.15) is 0 Å².